The second kappa shape index (κ2) is 8.49. The van der Waals surface area contributed by atoms with E-state index in [1.165, 1.54) is 0 Å². The van der Waals surface area contributed by atoms with Crippen LogP contribution in [-0.4, -0.2) is 25.0 Å². The third-order valence-electron chi connectivity index (χ3n) is 3.60. The van der Waals surface area contributed by atoms with Crippen molar-refractivity contribution >= 4 is 23.2 Å². The van der Waals surface area contributed by atoms with E-state index < -0.39 is 5.41 Å². The molecule has 2 aromatic rings. The zero-order valence-corrected chi connectivity index (χ0v) is 15.3. The average molecular weight is 355 g/mol. The lowest BCUT2D eigenvalue weighted by molar-refractivity contribution is -0.123. The first kappa shape index (κ1) is 19.5. The van der Waals surface area contributed by atoms with Crippen molar-refractivity contribution in [2.24, 2.45) is 11.1 Å². The summed E-state index contributed by atoms with van der Waals surface area (Å²) in [6, 6.07) is 13.9. The molecule has 0 bridgehead atoms. The molecular weight excluding hydrogens is 330 g/mol. The summed E-state index contributed by atoms with van der Waals surface area (Å²) in [5.41, 5.74) is 6.36. The Labute approximate surface area is 153 Å². The maximum atomic E-state index is 12.6. The maximum Gasteiger partial charge on any atom is 0.257 e. The minimum Gasteiger partial charge on any atom is -0.492 e. The van der Waals surface area contributed by atoms with Crippen LogP contribution in [0.1, 0.15) is 31.1 Å². The summed E-state index contributed by atoms with van der Waals surface area (Å²) in [5.74, 6) is 0.232. The monoisotopic (exact) mass is 355 g/mol. The van der Waals surface area contributed by atoms with Gasteiger partial charge in [-0.3, -0.25) is 9.59 Å². The van der Waals surface area contributed by atoms with Gasteiger partial charge in [-0.25, -0.2) is 0 Å². The molecule has 2 aromatic carbocycles. The molecule has 2 rings (SSSR count). The fourth-order valence-electron chi connectivity index (χ4n) is 2.11. The number of amides is 2. The van der Waals surface area contributed by atoms with E-state index in [0.717, 1.165) is 0 Å². The van der Waals surface area contributed by atoms with Crippen molar-refractivity contribution in [1.29, 1.82) is 0 Å². The van der Waals surface area contributed by atoms with Crippen molar-refractivity contribution < 1.29 is 14.3 Å². The molecule has 26 heavy (non-hydrogen) atoms. The third kappa shape index (κ3) is 5.32. The fraction of sp³-hybridized carbons (Fsp3) is 0.300. The van der Waals surface area contributed by atoms with Gasteiger partial charge in [-0.1, -0.05) is 32.9 Å². The van der Waals surface area contributed by atoms with Crippen molar-refractivity contribution in [3.05, 3.63) is 54.1 Å². The number of hydrogen-bond donors (Lipinski definition) is 3. The molecular formula is C20H25N3O3. The van der Waals surface area contributed by atoms with Crippen molar-refractivity contribution in [3.63, 3.8) is 0 Å². The van der Waals surface area contributed by atoms with E-state index in [9.17, 15) is 9.59 Å². The molecule has 6 heteroatoms. The molecule has 2 amide bonds. The number of nitrogens with one attached hydrogen (secondary N) is 2. The van der Waals surface area contributed by atoms with Gasteiger partial charge < -0.3 is 21.1 Å². The highest BCUT2D eigenvalue weighted by Crippen LogP contribution is 2.22. The zero-order valence-electron chi connectivity index (χ0n) is 15.3. The molecule has 4 N–H and O–H groups in total. The molecule has 0 aliphatic carbocycles. The summed E-state index contributed by atoms with van der Waals surface area (Å²) in [4.78, 5) is 24.8. The highest BCUT2D eigenvalue weighted by Gasteiger charge is 2.23. The predicted octanol–water partition coefficient (Wildman–Crippen LogP) is 3.26. The van der Waals surface area contributed by atoms with E-state index in [-0.39, 0.29) is 11.8 Å². The Hall–Kier alpha value is -2.86. The summed E-state index contributed by atoms with van der Waals surface area (Å²) in [5, 5.41) is 5.64. The average Bonchev–Trinajstić information content (AvgIpc) is 2.60. The largest absolute Gasteiger partial charge is 0.492 e. The Morgan fingerprint density at radius 1 is 1.00 bits per heavy atom. The molecule has 0 spiro atoms. The Morgan fingerprint density at radius 3 is 2.27 bits per heavy atom. The molecule has 0 heterocycles. The first-order chi connectivity index (χ1) is 12.3. The Morgan fingerprint density at radius 2 is 1.65 bits per heavy atom. The van der Waals surface area contributed by atoms with Crippen molar-refractivity contribution in [2.75, 3.05) is 23.8 Å². The standard InChI is InChI=1S/C20H25N3O3/c1-20(2,3)19(25)23-17-7-5-4-6-16(17)18(24)22-14-8-10-15(11-9-14)26-13-12-21/h4-11H,12-13,21H2,1-3H3,(H,22,24)(H,23,25). The Kier molecular flexibility index (Phi) is 6.36. The fourth-order valence-corrected chi connectivity index (χ4v) is 2.11. The van der Waals surface area contributed by atoms with Gasteiger partial charge >= 0.3 is 0 Å². The van der Waals surface area contributed by atoms with Gasteiger partial charge in [0.15, 0.2) is 0 Å². The SMILES string of the molecule is CC(C)(C)C(=O)Nc1ccccc1C(=O)Nc1ccc(OCCN)cc1. The number of nitrogens with two attached hydrogens (primary N) is 1. The van der Waals surface area contributed by atoms with Gasteiger partial charge in [0.1, 0.15) is 12.4 Å². The highest BCUT2D eigenvalue weighted by atomic mass is 16.5. The van der Waals surface area contributed by atoms with E-state index in [2.05, 4.69) is 10.6 Å². The molecule has 0 unspecified atom stereocenters. The molecule has 138 valence electrons. The van der Waals surface area contributed by atoms with Gasteiger partial charge in [0.05, 0.1) is 11.3 Å². The van der Waals surface area contributed by atoms with Crippen LogP contribution in [0.3, 0.4) is 0 Å². The molecule has 0 aromatic heterocycles. The molecule has 0 aliphatic heterocycles. The van der Waals surface area contributed by atoms with Crippen LogP contribution in [0.2, 0.25) is 0 Å². The number of benzene rings is 2. The third-order valence-corrected chi connectivity index (χ3v) is 3.60. The minimum atomic E-state index is -0.553. The number of carbonyl (C=O) groups excluding carboxylic acids is 2. The molecule has 0 aliphatic rings. The van der Waals surface area contributed by atoms with Crippen LogP contribution < -0.4 is 21.1 Å². The quantitative estimate of drug-likeness (QED) is 0.741. The van der Waals surface area contributed by atoms with E-state index >= 15 is 0 Å². The van der Waals surface area contributed by atoms with Gasteiger partial charge in [0, 0.05) is 17.6 Å². The predicted molar refractivity (Wildman–Crippen MR) is 103 cm³/mol. The molecule has 0 atom stereocenters. The van der Waals surface area contributed by atoms with Crippen molar-refractivity contribution in [1.82, 2.24) is 0 Å². The molecule has 6 nitrogen and oxygen atoms in total. The van der Waals surface area contributed by atoms with Crippen LogP contribution in [0.25, 0.3) is 0 Å². The number of anilines is 2. The number of ether oxygens (including phenoxy) is 1. The second-order valence-electron chi connectivity index (χ2n) is 6.87. The van der Waals surface area contributed by atoms with Gasteiger partial charge in [0.25, 0.3) is 5.91 Å². The summed E-state index contributed by atoms with van der Waals surface area (Å²) in [6.45, 7) is 6.33. The maximum absolute atomic E-state index is 12.6. The summed E-state index contributed by atoms with van der Waals surface area (Å²) in [7, 11) is 0. The second-order valence-corrected chi connectivity index (χ2v) is 6.87. The Balaban J connectivity index is 2.11. The normalized spacial score (nSPS) is 10.9. The first-order valence-electron chi connectivity index (χ1n) is 8.46. The van der Waals surface area contributed by atoms with Crippen LogP contribution in [0, 0.1) is 5.41 Å². The molecule has 0 saturated carbocycles. The summed E-state index contributed by atoms with van der Waals surface area (Å²) < 4.78 is 5.41. The number of carbonyl (C=O) groups is 2. The molecule has 0 fully saturated rings. The van der Waals surface area contributed by atoms with Gasteiger partial charge in [-0.05, 0) is 36.4 Å². The van der Waals surface area contributed by atoms with Gasteiger partial charge in [0.2, 0.25) is 5.91 Å². The number of para-hydroxylation sites is 1. The number of rotatable bonds is 6. The zero-order chi connectivity index (χ0) is 19.2. The van der Waals surface area contributed by atoms with E-state index in [0.29, 0.717) is 35.8 Å². The van der Waals surface area contributed by atoms with Gasteiger partial charge in [-0.2, -0.15) is 0 Å². The van der Waals surface area contributed by atoms with Crippen LogP contribution in [-0.2, 0) is 4.79 Å². The minimum absolute atomic E-state index is 0.154. The van der Waals surface area contributed by atoms with Crippen LogP contribution in [0.15, 0.2) is 48.5 Å². The number of hydrogen-bond acceptors (Lipinski definition) is 4. The van der Waals surface area contributed by atoms with Crippen LogP contribution in [0.5, 0.6) is 5.75 Å². The lowest BCUT2D eigenvalue weighted by Crippen LogP contribution is -2.28. The smallest absolute Gasteiger partial charge is 0.257 e. The van der Waals surface area contributed by atoms with Crippen molar-refractivity contribution in [3.8, 4) is 5.75 Å². The Bertz CT molecular complexity index is 765. The van der Waals surface area contributed by atoms with E-state index in [4.69, 9.17) is 10.5 Å². The molecule has 0 radical (unpaired) electrons. The van der Waals surface area contributed by atoms with E-state index in [1.54, 1.807) is 48.5 Å². The summed E-state index contributed by atoms with van der Waals surface area (Å²) >= 11 is 0. The van der Waals surface area contributed by atoms with Crippen LogP contribution in [0.4, 0.5) is 11.4 Å². The van der Waals surface area contributed by atoms with Gasteiger partial charge in [-0.15, -0.1) is 0 Å². The highest BCUT2D eigenvalue weighted by molar-refractivity contribution is 6.10. The van der Waals surface area contributed by atoms with Crippen molar-refractivity contribution in [2.45, 2.75) is 20.8 Å². The topological polar surface area (TPSA) is 93.5 Å². The first-order valence-corrected chi connectivity index (χ1v) is 8.46. The van der Waals surface area contributed by atoms with E-state index in [1.807, 2.05) is 20.8 Å². The summed E-state index contributed by atoms with van der Waals surface area (Å²) in [6.07, 6.45) is 0. The van der Waals surface area contributed by atoms with Crippen LogP contribution >= 0.6 is 0 Å². The lowest BCUT2D eigenvalue weighted by atomic mass is 9.95. The molecule has 0 saturated heterocycles. The lowest BCUT2D eigenvalue weighted by Gasteiger charge is -2.19.